The van der Waals surface area contributed by atoms with Crippen LogP contribution in [0.15, 0.2) is 182 Å². The summed E-state index contributed by atoms with van der Waals surface area (Å²) in [5, 5.41) is 8.59. The van der Waals surface area contributed by atoms with Gasteiger partial charge in [0, 0.05) is 32.3 Å². The Bertz CT molecular complexity index is 3450. The van der Waals surface area contributed by atoms with Gasteiger partial charge in [0.15, 0.2) is 5.82 Å². The average molecular weight is 743 g/mol. The third-order valence-corrected chi connectivity index (χ3v) is 13.5. The second kappa shape index (κ2) is 11.5. The van der Waals surface area contributed by atoms with Gasteiger partial charge < -0.3 is 4.74 Å². The quantitative estimate of drug-likeness (QED) is 0.165. The lowest BCUT2D eigenvalue weighted by molar-refractivity contribution is 0.436. The van der Waals surface area contributed by atoms with Crippen molar-refractivity contribution in [3.05, 3.63) is 204 Å². The van der Waals surface area contributed by atoms with E-state index in [1.54, 1.807) is 11.3 Å². The molecular weight excluding hydrogens is 713 g/mol. The molecule has 264 valence electrons. The molecule has 11 aromatic rings. The molecule has 3 nitrogen and oxygen atoms in total. The largest absolute Gasteiger partial charge is 0.457 e. The van der Waals surface area contributed by atoms with Gasteiger partial charge in [0.1, 0.15) is 11.5 Å². The van der Waals surface area contributed by atoms with Crippen LogP contribution in [0.3, 0.4) is 0 Å². The van der Waals surface area contributed by atoms with E-state index >= 15 is 0 Å². The highest BCUT2D eigenvalue weighted by Crippen LogP contribution is 2.63. The molecule has 13 rings (SSSR count). The van der Waals surface area contributed by atoms with Crippen molar-refractivity contribution >= 4 is 64.0 Å². The van der Waals surface area contributed by atoms with Crippen molar-refractivity contribution in [1.29, 1.82) is 0 Å². The minimum atomic E-state index is -0.565. The van der Waals surface area contributed by atoms with Crippen LogP contribution in [0.1, 0.15) is 22.3 Å². The molecule has 0 amide bonds. The van der Waals surface area contributed by atoms with E-state index in [4.69, 9.17) is 14.7 Å². The monoisotopic (exact) mass is 742 g/mol. The number of rotatable bonds is 2. The molecule has 2 aromatic heterocycles. The Morgan fingerprint density at radius 3 is 1.68 bits per heavy atom. The number of benzene rings is 9. The van der Waals surface area contributed by atoms with Crippen LogP contribution in [0.2, 0.25) is 0 Å². The van der Waals surface area contributed by atoms with Crippen LogP contribution in [0, 0.1) is 0 Å². The molecule has 0 atom stereocenters. The van der Waals surface area contributed by atoms with Crippen molar-refractivity contribution in [2.24, 2.45) is 0 Å². The number of fused-ring (bicyclic) bond motifs is 18. The Morgan fingerprint density at radius 2 is 0.965 bits per heavy atom. The first kappa shape index (κ1) is 31.1. The van der Waals surface area contributed by atoms with Crippen molar-refractivity contribution in [1.82, 2.24) is 9.97 Å². The fourth-order valence-electron chi connectivity index (χ4n) is 10.0. The predicted molar refractivity (Wildman–Crippen MR) is 236 cm³/mol. The van der Waals surface area contributed by atoms with Gasteiger partial charge in [-0.05, 0) is 78.8 Å². The van der Waals surface area contributed by atoms with Gasteiger partial charge in [-0.15, -0.1) is 11.3 Å². The highest BCUT2D eigenvalue weighted by Gasteiger charge is 2.51. The zero-order valence-corrected chi connectivity index (χ0v) is 31.3. The van der Waals surface area contributed by atoms with E-state index in [1.807, 2.05) is 0 Å². The Balaban J connectivity index is 1.13. The van der Waals surface area contributed by atoms with Gasteiger partial charge in [-0.25, -0.2) is 9.97 Å². The summed E-state index contributed by atoms with van der Waals surface area (Å²) in [4.78, 5) is 11.1. The fraction of sp³-hybridized carbons (Fsp3) is 0.0189. The predicted octanol–water partition coefficient (Wildman–Crippen LogP) is 14.1. The summed E-state index contributed by atoms with van der Waals surface area (Å²) in [7, 11) is 0. The van der Waals surface area contributed by atoms with Crippen molar-refractivity contribution in [3.8, 4) is 45.3 Å². The topological polar surface area (TPSA) is 35.0 Å². The summed E-state index contributed by atoms with van der Waals surface area (Å²) in [6.45, 7) is 0. The zero-order valence-electron chi connectivity index (χ0n) is 30.5. The first-order chi connectivity index (χ1) is 28.3. The van der Waals surface area contributed by atoms with Crippen LogP contribution in [-0.4, -0.2) is 9.97 Å². The van der Waals surface area contributed by atoms with Gasteiger partial charge in [0.25, 0.3) is 0 Å². The highest BCUT2D eigenvalue weighted by molar-refractivity contribution is 7.26. The molecule has 9 aromatic carbocycles. The van der Waals surface area contributed by atoms with E-state index in [-0.39, 0.29) is 0 Å². The summed E-state index contributed by atoms with van der Waals surface area (Å²) >= 11 is 1.78. The van der Waals surface area contributed by atoms with Gasteiger partial charge in [0.2, 0.25) is 0 Å². The normalized spacial score (nSPS) is 13.5. The Labute approximate surface area is 332 Å². The van der Waals surface area contributed by atoms with Gasteiger partial charge in [-0.2, -0.15) is 0 Å². The summed E-state index contributed by atoms with van der Waals surface area (Å²) in [5.74, 6) is 2.50. The summed E-state index contributed by atoms with van der Waals surface area (Å²) in [5.41, 5.74) is 10.7. The van der Waals surface area contributed by atoms with Crippen LogP contribution in [0.5, 0.6) is 11.5 Å². The lowest BCUT2D eigenvalue weighted by atomic mass is 9.66. The second-order valence-corrected chi connectivity index (χ2v) is 16.2. The second-order valence-electron chi connectivity index (χ2n) is 15.1. The molecule has 0 saturated heterocycles. The molecule has 0 fully saturated rings. The van der Waals surface area contributed by atoms with Gasteiger partial charge in [-0.1, -0.05) is 158 Å². The van der Waals surface area contributed by atoms with E-state index in [0.29, 0.717) is 0 Å². The SMILES string of the molecule is c1ccc2c(c1)Oc1ccccc1C21c2ccccc2-c2c(-c3nc(-c4ccc5c6ccccc6c6ccccc6c5c4)nc4c3sc3ccccc34)cccc21. The molecule has 0 N–H and O–H groups in total. The first-order valence-corrected chi connectivity index (χ1v) is 20.2. The van der Waals surface area contributed by atoms with Gasteiger partial charge in [-0.3, -0.25) is 0 Å². The van der Waals surface area contributed by atoms with Crippen LogP contribution in [0.4, 0.5) is 0 Å². The zero-order chi connectivity index (χ0) is 37.2. The summed E-state index contributed by atoms with van der Waals surface area (Å²) < 4.78 is 8.92. The Hall–Kier alpha value is -7.14. The van der Waals surface area contributed by atoms with Crippen molar-refractivity contribution < 1.29 is 4.74 Å². The number of aromatic nitrogens is 2. The standard InChI is InChI=1S/C53H30N2OS/c1-2-16-34-32(14-1)33-15-3-4-17-35(33)40-30-31(28-29-36(34)40)52-54-49-38-19-6-12-27-47(38)57-51(49)50(55-52)39-20-13-24-44-48(39)37-18-5-7-21-41(37)53(44)42-22-8-10-25-45(42)56-46-26-11-9-23-43(46)53/h1-30H. The van der Waals surface area contributed by atoms with Crippen molar-refractivity contribution in [3.63, 3.8) is 0 Å². The number of para-hydroxylation sites is 2. The van der Waals surface area contributed by atoms with Gasteiger partial charge >= 0.3 is 0 Å². The third kappa shape index (κ3) is 4.10. The number of ether oxygens (including phenoxy) is 1. The molecular formula is C53H30N2OS. The minimum absolute atomic E-state index is 0.565. The molecule has 0 bridgehead atoms. The third-order valence-electron chi connectivity index (χ3n) is 12.3. The van der Waals surface area contributed by atoms with E-state index < -0.39 is 5.41 Å². The van der Waals surface area contributed by atoms with E-state index in [9.17, 15) is 0 Å². The van der Waals surface area contributed by atoms with Gasteiger partial charge in [0.05, 0.1) is 21.3 Å². The van der Waals surface area contributed by atoms with E-state index in [0.717, 1.165) is 60.9 Å². The minimum Gasteiger partial charge on any atom is -0.457 e. The summed E-state index contributed by atoms with van der Waals surface area (Å²) in [6.07, 6.45) is 0. The maximum Gasteiger partial charge on any atom is 0.160 e. The van der Waals surface area contributed by atoms with E-state index in [2.05, 4.69) is 182 Å². The highest BCUT2D eigenvalue weighted by atomic mass is 32.1. The molecule has 4 heteroatoms. The molecule has 0 radical (unpaired) electrons. The maximum atomic E-state index is 6.63. The molecule has 3 heterocycles. The smallest absolute Gasteiger partial charge is 0.160 e. The molecule has 2 aliphatic rings. The van der Waals surface area contributed by atoms with Crippen LogP contribution >= 0.6 is 11.3 Å². The van der Waals surface area contributed by atoms with Crippen LogP contribution in [0.25, 0.3) is 86.4 Å². The Morgan fingerprint density at radius 1 is 0.421 bits per heavy atom. The number of hydrogen-bond donors (Lipinski definition) is 0. The molecule has 1 aliphatic heterocycles. The van der Waals surface area contributed by atoms with Crippen LogP contribution < -0.4 is 4.74 Å². The molecule has 1 aliphatic carbocycles. The fourth-order valence-corrected chi connectivity index (χ4v) is 11.2. The van der Waals surface area contributed by atoms with E-state index in [1.165, 1.54) is 59.3 Å². The maximum absolute atomic E-state index is 6.63. The number of hydrogen-bond acceptors (Lipinski definition) is 4. The molecule has 0 unspecified atom stereocenters. The molecule has 57 heavy (non-hydrogen) atoms. The number of nitrogens with zero attached hydrogens (tertiary/aromatic N) is 2. The van der Waals surface area contributed by atoms with Crippen molar-refractivity contribution in [2.75, 3.05) is 0 Å². The Kier molecular flexibility index (Phi) is 6.25. The molecule has 0 saturated carbocycles. The van der Waals surface area contributed by atoms with Crippen LogP contribution in [-0.2, 0) is 5.41 Å². The molecule has 1 spiro atoms. The first-order valence-electron chi connectivity index (χ1n) is 19.4. The average Bonchev–Trinajstić information content (AvgIpc) is 3.80. The summed E-state index contributed by atoms with van der Waals surface area (Å²) in [6, 6.07) is 65.7. The lowest BCUT2D eigenvalue weighted by Crippen LogP contribution is -2.32. The van der Waals surface area contributed by atoms with Crippen molar-refractivity contribution in [2.45, 2.75) is 5.41 Å². The lowest BCUT2D eigenvalue weighted by Gasteiger charge is -2.39. The number of thiophene rings is 1.